The number of carbonyl (C=O) groups excluding carboxylic acids is 1. The van der Waals surface area contributed by atoms with Crippen LogP contribution < -0.4 is 10.1 Å². The highest BCUT2D eigenvalue weighted by molar-refractivity contribution is 5.92. The number of hydrogen-bond donors (Lipinski definition) is 1. The lowest BCUT2D eigenvalue weighted by atomic mass is 10.1. The summed E-state index contributed by atoms with van der Waals surface area (Å²) in [5, 5.41) is 2.92. The van der Waals surface area contributed by atoms with Crippen molar-refractivity contribution in [2.24, 2.45) is 0 Å². The number of hydrogen-bond acceptors (Lipinski definition) is 3. The highest BCUT2D eigenvalue weighted by Gasteiger charge is 2.02. The molecule has 27 heavy (non-hydrogen) atoms. The molecule has 3 aromatic rings. The van der Waals surface area contributed by atoms with Gasteiger partial charge in [-0.3, -0.25) is 4.79 Å². The second-order valence-corrected chi connectivity index (χ2v) is 6.35. The maximum Gasteiger partial charge on any atom is 0.244 e. The monoisotopic (exact) mass is 361 g/mol. The van der Waals surface area contributed by atoms with Gasteiger partial charge in [0.2, 0.25) is 5.91 Å². The highest BCUT2D eigenvalue weighted by Crippen LogP contribution is 2.20. The van der Waals surface area contributed by atoms with E-state index in [1.165, 1.54) is 11.6 Å². The van der Waals surface area contributed by atoms with Gasteiger partial charge in [-0.25, -0.2) is 4.98 Å². The van der Waals surface area contributed by atoms with E-state index in [1.807, 2.05) is 48.0 Å². The zero-order valence-electron chi connectivity index (χ0n) is 15.6. The predicted octanol–water partition coefficient (Wildman–Crippen LogP) is 3.58. The van der Waals surface area contributed by atoms with Crippen LogP contribution in [0.15, 0.2) is 67.3 Å². The lowest BCUT2D eigenvalue weighted by molar-refractivity contribution is -0.116. The largest absolute Gasteiger partial charge is 0.496 e. The molecule has 0 radical (unpaired) electrons. The molecule has 0 atom stereocenters. The Hall–Kier alpha value is -3.34. The van der Waals surface area contributed by atoms with Gasteiger partial charge in [0.1, 0.15) is 5.75 Å². The number of ether oxygens (including phenoxy) is 1. The molecule has 0 aliphatic heterocycles. The van der Waals surface area contributed by atoms with E-state index < -0.39 is 0 Å². The van der Waals surface area contributed by atoms with Gasteiger partial charge in [-0.1, -0.05) is 35.9 Å². The van der Waals surface area contributed by atoms with Gasteiger partial charge >= 0.3 is 0 Å². The van der Waals surface area contributed by atoms with E-state index in [9.17, 15) is 4.79 Å². The summed E-state index contributed by atoms with van der Waals surface area (Å²) in [6, 6.07) is 14.0. The molecule has 3 rings (SSSR count). The van der Waals surface area contributed by atoms with Crippen LogP contribution in [0.2, 0.25) is 0 Å². The van der Waals surface area contributed by atoms with E-state index in [1.54, 1.807) is 25.7 Å². The summed E-state index contributed by atoms with van der Waals surface area (Å²) in [7, 11) is 1.62. The molecule has 2 aromatic carbocycles. The van der Waals surface area contributed by atoms with Crippen molar-refractivity contribution in [2.75, 3.05) is 7.11 Å². The van der Waals surface area contributed by atoms with Crippen LogP contribution in [0.5, 0.6) is 5.75 Å². The Balaban J connectivity index is 1.58. The van der Waals surface area contributed by atoms with Crippen molar-refractivity contribution in [1.29, 1.82) is 0 Å². The Labute approximate surface area is 159 Å². The smallest absolute Gasteiger partial charge is 0.244 e. The number of carbonyl (C=O) groups is 1. The number of nitrogens with zero attached hydrogens (tertiary/aromatic N) is 2. The first-order valence-corrected chi connectivity index (χ1v) is 8.78. The van der Waals surface area contributed by atoms with Crippen LogP contribution in [0.25, 0.3) is 6.08 Å². The molecule has 1 amide bonds. The van der Waals surface area contributed by atoms with E-state index >= 15 is 0 Å². The SMILES string of the molecule is COc1ccc(C)cc1/C=C/C(=O)NCc1cccc(Cn2ccnc2)c1. The summed E-state index contributed by atoms with van der Waals surface area (Å²) in [6.45, 7) is 3.24. The van der Waals surface area contributed by atoms with Gasteiger partial charge in [0.05, 0.1) is 13.4 Å². The van der Waals surface area contributed by atoms with Gasteiger partial charge in [0, 0.05) is 37.1 Å². The van der Waals surface area contributed by atoms with Crippen molar-refractivity contribution in [3.63, 3.8) is 0 Å². The zero-order chi connectivity index (χ0) is 19.1. The van der Waals surface area contributed by atoms with Crippen LogP contribution in [0.3, 0.4) is 0 Å². The minimum absolute atomic E-state index is 0.140. The fourth-order valence-corrected chi connectivity index (χ4v) is 2.83. The molecule has 1 aromatic heterocycles. The Morgan fingerprint density at radius 2 is 2.07 bits per heavy atom. The Morgan fingerprint density at radius 1 is 1.22 bits per heavy atom. The zero-order valence-corrected chi connectivity index (χ0v) is 15.6. The number of amides is 1. The van der Waals surface area contributed by atoms with Gasteiger partial charge < -0.3 is 14.6 Å². The van der Waals surface area contributed by atoms with Crippen molar-refractivity contribution in [3.8, 4) is 5.75 Å². The summed E-state index contributed by atoms with van der Waals surface area (Å²) in [6.07, 6.45) is 8.79. The maximum atomic E-state index is 12.2. The number of aryl methyl sites for hydroxylation is 1. The summed E-state index contributed by atoms with van der Waals surface area (Å²) < 4.78 is 7.34. The number of imidazole rings is 1. The molecule has 0 unspecified atom stereocenters. The van der Waals surface area contributed by atoms with Gasteiger partial charge in [-0.2, -0.15) is 0 Å². The maximum absolute atomic E-state index is 12.2. The van der Waals surface area contributed by atoms with Crippen LogP contribution in [-0.2, 0) is 17.9 Å². The van der Waals surface area contributed by atoms with Crippen LogP contribution in [0.4, 0.5) is 0 Å². The molecule has 0 aliphatic carbocycles. The van der Waals surface area contributed by atoms with E-state index in [2.05, 4.69) is 22.4 Å². The predicted molar refractivity (Wildman–Crippen MR) is 106 cm³/mol. The van der Waals surface area contributed by atoms with Gasteiger partial charge in [-0.15, -0.1) is 0 Å². The fraction of sp³-hybridized carbons (Fsp3) is 0.182. The molecule has 0 spiro atoms. The van der Waals surface area contributed by atoms with Crippen molar-refractivity contribution in [3.05, 3.63) is 89.5 Å². The molecular weight excluding hydrogens is 338 g/mol. The van der Waals surface area contributed by atoms with Crippen LogP contribution >= 0.6 is 0 Å². The standard InChI is InChI=1S/C22H23N3O2/c1-17-6-8-21(27-2)20(12-17)7-9-22(26)24-14-18-4-3-5-19(13-18)15-25-11-10-23-16-25/h3-13,16H,14-15H2,1-2H3,(H,24,26)/b9-7+. The number of aromatic nitrogens is 2. The Bertz CT molecular complexity index is 930. The van der Waals surface area contributed by atoms with Crippen molar-refractivity contribution in [2.45, 2.75) is 20.0 Å². The first-order valence-electron chi connectivity index (χ1n) is 8.78. The lowest BCUT2D eigenvalue weighted by Gasteiger charge is -2.07. The number of methoxy groups -OCH3 is 1. The second-order valence-electron chi connectivity index (χ2n) is 6.35. The Kier molecular flexibility index (Phi) is 6.05. The molecule has 1 heterocycles. The van der Waals surface area contributed by atoms with Gasteiger partial charge in [-0.05, 0) is 36.3 Å². The van der Waals surface area contributed by atoms with Crippen LogP contribution in [0.1, 0.15) is 22.3 Å². The number of rotatable bonds is 7. The Morgan fingerprint density at radius 3 is 2.85 bits per heavy atom. The topological polar surface area (TPSA) is 56.1 Å². The third-order valence-electron chi connectivity index (χ3n) is 4.18. The van der Waals surface area contributed by atoms with Gasteiger partial charge in [0.15, 0.2) is 0 Å². The second kappa shape index (κ2) is 8.85. The highest BCUT2D eigenvalue weighted by atomic mass is 16.5. The van der Waals surface area contributed by atoms with E-state index in [0.29, 0.717) is 6.54 Å². The first kappa shape index (κ1) is 18.5. The summed E-state index contributed by atoms with van der Waals surface area (Å²) >= 11 is 0. The molecule has 0 saturated heterocycles. The molecule has 0 fully saturated rings. The molecule has 0 bridgehead atoms. The van der Waals surface area contributed by atoms with E-state index in [-0.39, 0.29) is 5.91 Å². The molecule has 0 aliphatic rings. The quantitative estimate of drug-likeness (QED) is 0.655. The first-order chi connectivity index (χ1) is 13.1. The fourth-order valence-electron chi connectivity index (χ4n) is 2.83. The number of benzene rings is 2. The van der Waals surface area contributed by atoms with Gasteiger partial charge in [0.25, 0.3) is 0 Å². The minimum Gasteiger partial charge on any atom is -0.496 e. The minimum atomic E-state index is -0.140. The van der Waals surface area contributed by atoms with E-state index in [4.69, 9.17) is 4.74 Å². The summed E-state index contributed by atoms with van der Waals surface area (Å²) in [4.78, 5) is 16.2. The average molecular weight is 361 g/mol. The summed E-state index contributed by atoms with van der Waals surface area (Å²) in [5.41, 5.74) is 4.22. The molecular formula is C22H23N3O2. The lowest BCUT2D eigenvalue weighted by Crippen LogP contribution is -2.20. The third-order valence-corrected chi connectivity index (χ3v) is 4.18. The molecule has 5 heteroatoms. The van der Waals surface area contributed by atoms with E-state index in [0.717, 1.165) is 29.0 Å². The van der Waals surface area contributed by atoms with Crippen molar-refractivity contribution in [1.82, 2.24) is 14.9 Å². The summed E-state index contributed by atoms with van der Waals surface area (Å²) in [5.74, 6) is 0.607. The normalized spacial score (nSPS) is 10.9. The molecule has 1 N–H and O–H groups in total. The van der Waals surface area contributed by atoms with Crippen molar-refractivity contribution < 1.29 is 9.53 Å². The van der Waals surface area contributed by atoms with Crippen LogP contribution in [-0.4, -0.2) is 22.6 Å². The molecule has 138 valence electrons. The molecule has 0 saturated carbocycles. The average Bonchev–Trinajstić information content (AvgIpc) is 3.18. The van der Waals surface area contributed by atoms with Crippen LogP contribution in [0, 0.1) is 6.92 Å². The molecule has 5 nitrogen and oxygen atoms in total. The number of nitrogens with one attached hydrogen (secondary N) is 1. The third kappa shape index (κ3) is 5.31. The van der Waals surface area contributed by atoms with Crippen molar-refractivity contribution >= 4 is 12.0 Å².